The highest BCUT2D eigenvalue weighted by molar-refractivity contribution is 5.85. The molecule has 1 heterocycles. The van der Waals surface area contributed by atoms with Crippen LogP contribution in [0.5, 0.6) is 0 Å². The Bertz CT molecular complexity index is 301. The topological polar surface area (TPSA) is 12.0 Å². The van der Waals surface area contributed by atoms with Gasteiger partial charge in [0.25, 0.3) is 0 Å². The molecule has 12 heavy (non-hydrogen) atoms. The largest absolute Gasteiger partial charge is 0.382 e. The lowest BCUT2D eigenvalue weighted by atomic mass is 10.1. The smallest absolute Gasteiger partial charge is 0.182 e. The fourth-order valence-electron chi connectivity index (χ4n) is 1.31. The zero-order valence-electron chi connectivity index (χ0n) is 6.23. The summed E-state index contributed by atoms with van der Waals surface area (Å²) in [6, 6.07) is 2.79. The first kappa shape index (κ1) is 9.26. The number of nitrogens with one attached hydrogen (secondary N) is 1. The summed E-state index contributed by atoms with van der Waals surface area (Å²) in [6.45, 7) is 0.704. The molecule has 1 N–H and O–H groups in total. The van der Waals surface area contributed by atoms with E-state index in [1.165, 1.54) is 6.07 Å². The fraction of sp³-hybridized carbons (Fsp3) is 0.250. The molecule has 1 aliphatic rings. The second-order valence-corrected chi connectivity index (χ2v) is 2.57. The van der Waals surface area contributed by atoms with Gasteiger partial charge in [0.1, 0.15) is 0 Å². The fourth-order valence-corrected chi connectivity index (χ4v) is 1.31. The van der Waals surface area contributed by atoms with Crippen LogP contribution in [0.3, 0.4) is 0 Å². The molecule has 0 aromatic heterocycles. The van der Waals surface area contributed by atoms with Crippen LogP contribution in [0.1, 0.15) is 5.56 Å². The number of halogens is 3. The predicted octanol–water partition coefficient (Wildman–Crippen LogP) is 2.35. The molecule has 1 aromatic rings. The highest BCUT2D eigenvalue weighted by Gasteiger charge is 2.16. The Hall–Kier alpha value is -0.830. The molecule has 0 saturated heterocycles. The van der Waals surface area contributed by atoms with E-state index in [1.807, 2.05) is 0 Å². The van der Waals surface area contributed by atoms with E-state index in [1.54, 1.807) is 6.07 Å². The van der Waals surface area contributed by atoms with E-state index in [9.17, 15) is 8.78 Å². The molecule has 0 fully saturated rings. The van der Waals surface area contributed by atoms with Gasteiger partial charge >= 0.3 is 0 Å². The third-order valence-corrected chi connectivity index (χ3v) is 1.88. The Kier molecular flexibility index (Phi) is 2.52. The van der Waals surface area contributed by atoms with Crippen LogP contribution in [-0.2, 0) is 6.42 Å². The Morgan fingerprint density at radius 1 is 1.25 bits per heavy atom. The monoisotopic (exact) mass is 191 g/mol. The van der Waals surface area contributed by atoms with Crippen LogP contribution in [0.15, 0.2) is 12.1 Å². The van der Waals surface area contributed by atoms with Crippen molar-refractivity contribution in [2.24, 2.45) is 0 Å². The highest BCUT2D eigenvalue weighted by atomic mass is 35.5. The van der Waals surface area contributed by atoms with E-state index in [2.05, 4.69) is 5.32 Å². The number of hydrogen-bond acceptors (Lipinski definition) is 1. The van der Waals surface area contributed by atoms with Crippen molar-refractivity contribution >= 4 is 18.1 Å². The number of rotatable bonds is 0. The normalized spacial score (nSPS) is 13.2. The first-order valence-electron chi connectivity index (χ1n) is 3.50. The van der Waals surface area contributed by atoms with E-state index in [0.717, 1.165) is 12.0 Å². The molecule has 0 radical (unpaired) electrons. The summed E-state index contributed by atoms with van der Waals surface area (Å²) in [7, 11) is 0. The number of hydrogen-bond donors (Lipinski definition) is 1. The van der Waals surface area contributed by atoms with E-state index in [4.69, 9.17) is 0 Å². The van der Waals surface area contributed by atoms with Gasteiger partial charge in [-0.2, -0.15) is 0 Å². The van der Waals surface area contributed by atoms with Gasteiger partial charge in [-0.25, -0.2) is 8.78 Å². The quantitative estimate of drug-likeness (QED) is 0.664. The summed E-state index contributed by atoms with van der Waals surface area (Å²) in [4.78, 5) is 0. The molecular formula is C8H8ClF2N. The lowest BCUT2D eigenvalue weighted by Crippen LogP contribution is -1.95. The standard InChI is InChI=1S/C8H7F2N.ClH/c9-6-2-1-5-3-4-11-8(5)7(6)10;/h1-2,11H,3-4H2;1H. The van der Waals surface area contributed by atoms with Crippen LogP contribution >= 0.6 is 12.4 Å². The molecule has 0 atom stereocenters. The third-order valence-electron chi connectivity index (χ3n) is 1.88. The van der Waals surface area contributed by atoms with Crippen LogP contribution in [0.4, 0.5) is 14.5 Å². The molecule has 0 unspecified atom stereocenters. The SMILES string of the molecule is Cl.Fc1ccc2c(c1F)NCC2. The zero-order chi connectivity index (χ0) is 7.84. The molecule has 66 valence electrons. The van der Waals surface area contributed by atoms with Gasteiger partial charge in [-0.05, 0) is 18.1 Å². The van der Waals surface area contributed by atoms with Crippen molar-refractivity contribution in [3.63, 3.8) is 0 Å². The van der Waals surface area contributed by atoms with Crippen molar-refractivity contribution in [1.29, 1.82) is 0 Å². The molecule has 4 heteroatoms. The van der Waals surface area contributed by atoms with Crippen molar-refractivity contribution in [1.82, 2.24) is 0 Å². The van der Waals surface area contributed by atoms with Gasteiger partial charge in [-0.1, -0.05) is 6.07 Å². The first-order chi connectivity index (χ1) is 5.29. The lowest BCUT2D eigenvalue weighted by Gasteiger charge is -2.00. The number of anilines is 1. The summed E-state index contributed by atoms with van der Waals surface area (Å²) in [5.41, 5.74) is 1.20. The highest BCUT2D eigenvalue weighted by Crippen LogP contribution is 2.26. The minimum atomic E-state index is -0.779. The van der Waals surface area contributed by atoms with Gasteiger partial charge in [-0.15, -0.1) is 12.4 Å². The van der Waals surface area contributed by atoms with Crippen molar-refractivity contribution in [3.8, 4) is 0 Å². The molecule has 0 saturated carbocycles. The number of benzene rings is 1. The van der Waals surface area contributed by atoms with E-state index < -0.39 is 11.6 Å². The molecule has 0 bridgehead atoms. The molecular weight excluding hydrogens is 184 g/mol. The summed E-state index contributed by atoms with van der Waals surface area (Å²) in [5, 5.41) is 2.79. The van der Waals surface area contributed by atoms with Gasteiger partial charge in [0.05, 0.1) is 5.69 Å². The summed E-state index contributed by atoms with van der Waals surface area (Å²) >= 11 is 0. The number of fused-ring (bicyclic) bond motifs is 1. The van der Waals surface area contributed by atoms with E-state index >= 15 is 0 Å². The first-order valence-corrected chi connectivity index (χ1v) is 3.50. The minimum absolute atomic E-state index is 0. The summed E-state index contributed by atoms with van der Waals surface area (Å²) in [6.07, 6.45) is 0.784. The maximum Gasteiger partial charge on any atom is 0.182 e. The van der Waals surface area contributed by atoms with Crippen LogP contribution < -0.4 is 5.32 Å². The Morgan fingerprint density at radius 3 is 2.75 bits per heavy atom. The Morgan fingerprint density at radius 2 is 2.00 bits per heavy atom. The Labute approximate surface area is 75.2 Å². The lowest BCUT2D eigenvalue weighted by molar-refractivity contribution is 0.511. The molecule has 0 spiro atoms. The molecule has 1 aromatic carbocycles. The predicted molar refractivity (Wildman–Crippen MR) is 45.8 cm³/mol. The average molecular weight is 192 g/mol. The molecule has 1 aliphatic heterocycles. The van der Waals surface area contributed by atoms with Crippen molar-refractivity contribution < 1.29 is 8.78 Å². The second kappa shape index (κ2) is 3.27. The molecule has 0 aliphatic carbocycles. The van der Waals surface area contributed by atoms with Gasteiger partial charge in [0, 0.05) is 6.54 Å². The van der Waals surface area contributed by atoms with Crippen LogP contribution in [0.2, 0.25) is 0 Å². The second-order valence-electron chi connectivity index (χ2n) is 2.57. The van der Waals surface area contributed by atoms with Crippen LogP contribution in [0.25, 0.3) is 0 Å². The van der Waals surface area contributed by atoms with E-state index in [0.29, 0.717) is 12.2 Å². The molecule has 2 rings (SSSR count). The third kappa shape index (κ3) is 1.25. The minimum Gasteiger partial charge on any atom is -0.382 e. The van der Waals surface area contributed by atoms with Crippen molar-refractivity contribution in [3.05, 3.63) is 29.3 Å². The van der Waals surface area contributed by atoms with Crippen LogP contribution in [0, 0.1) is 11.6 Å². The molecule has 0 amide bonds. The molecule has 1 nitrogen and oxygen atoms in total. The van der Waals surface area contributed by atoms with Gasteiger partial charge in [0.2, 0.25) is 0 Å². The van der Waals surface area contributed by atoms with Gasteiger partial charge in [-0.3, -0.25) is 0 Å². The van der Waals surface area contributed by atoms with Crippen molar-refractivity contribution in [2.45, 2.75) is 6.42 Å². The zero-order valence-corrected chi connectivity index (χ0v) is 7.05. The maximum absolute atomic E-state index is 12.9. The van der Waals surface area contributed by atoms with E-state index in [-0.39, 0.29) is 12.4 Å². The Balaban J connectivity index is 0.000000720. The summed E-state index contributed by atoms with van der Waals surface area (Å²) in [5.74, 6) is -1.53. The average Bonchev–Trinajstić information content (AvgIpc) is 2.45. The van der Waals surface area contributed by atoms with Crippen molar-refractivity contribution in [2.75, 3.05) is 11.9 Å². The van der Waals surface area contributed by atoms with Gasteiger partial charge < -0.3 is 5.32 Å². The maximum atomic E-state index is 12.9. The van der Waals surface area contributed by atoms with Crippen LogP contribution in [-0.4, -0.2) is 6.54 Å². The summed E-state index contributed by atoms with van der Waals surface area (Å²) < 4.78 is 25.4. The van der Waals surface area contributed by atoms with Gasteiger partial charge in [0.15, 0.2) is 11.6 Å².